The van der Waals surface area contributed by atoms with Crippen molar-refractivity contribution in [3.63, 3.8) is 0 Å². The summed E-state index contributed by atoms with van der Waals surface area (Å²) in [4.78, 5) is 35.6. The van der Waals surface area contributed by atoms with E-state index in [9.17, 15) is 19.7 Å². The number of rotatable bonds is 6. The summed E-state index contributed by atoms with van der Waals surface area (Å²) in [6, 6.07) is 13.4. The Kier molecular flexibility index (Phi) is 6.48. The molecule has 0 atom stereocenters. The molecule has 0 bridgehead atoms. The third-order valence-corrected chi connectivity index (χ3v) is 5.30. The number of hydrogen-bond donors (Lipinski definition) is 1. The molecule has 176 valence electrons. The number of ether oxygens (including phenoxy) is 3. The maximum absolute atomic E-state index is 12.4. The molecule has 1 aliphatic rings. The highest BCUT2D eigenvalue weighted by molar-refractivity contribution is 5.97. The number of nitro benzene ring substituents is 1. The summed E-state index contributed by atoms with van der Waals surface area (Å²) >= 11 is 0. The summed E-state index contributed by atoms with van der Waals surface area (Å²) in [7, 11) is 0. The average molecular weight is 465 g/mol. The lowest BCUT2D eigenvalue weighted by molar-refractivity contribution is -0.384. The zero-order valence-corrected chi connectivity index (χ0v) is 18.7. The molecule has 0 radical (unpaired) electrons. The zero-order valence-electron chi connectivity index (χ0n) is 18.7. The Morgan fingerprint density at radius 3 is 2.26 bits per heavy atom. The number of carbonyl (C=O) groups excluding carboxylic acids is 2. The molecule has 0 saturated carbocycles. The van der Waals surface area contributed by atoms with Gasteiger partial charge in [-0.15, -0.1) is 0 Å². The molecule has 10 heteroatoms. The van der Waals surface area contributed by atoms with Gasteiger partial charge in [0.05, 0.1) is 29.8 Å². The molecule has 2 aromatic carbocycles. The summed E-state index contributed by atoms with van der Waals surface area (Å²) in [6.45, 7) is 4.13. The SMILES string of the molecule is Cc1ccc(C)n1-c1ccc(C(=O)OCC(=O)Nc2cc3c(cc2[N+](=O)[O-])OCCCO3)cc1. The number of carbonyl (C=O) groups is 2. The Morgan fingerprint density at radius 1 is 1.03 bits per heavy atom. The van der Waals surface area contributed by atoms with Crippen molar-refractivity contribution in [1.82, 2.24) is 4.57 Å². The first-order valence-corrected chi connectivity index (χ1v) is 10.6. The van der Waals surface area contributed by atoms with Gasteiger partial charge in [0.2, 0.25) is 0 Å². The minimum atomic E-state index is -0.721. The van der Waals surface area contributed by atoms with E-state index in [0.717, 1.165) is 17.1 Å². The number of benzene rings is 2. The Labute approximate surface area is 195 Å². The van der Waals surface area contributed by atoms with Gasteiger partial charge >= 0.3 is 5.97 Å². The second kappa shape index (κ2) is 9.65. The van der Waals surface area contributed by atoms with Crippen LogP contribution in [0.25, 0.3) is 5.69 Å². The van der Waals surface area contributed by atoms with Crippen molar-refractivity contribution >= 4 is 23.3 Å². The lowest BCUT2D eigenvalue weighted by Gasteiger charge is -2.12. The number of anilines is 1. The van der Waals surface area contributed by atoms with Crippen LogP contribution in [0.2, 0.25) is 0 Å². The fourth-order valence-corrected chi connectivity index (χ4v) is 3.67. The van der Waals surface area contributed by atoms with E-state index < -0.39 is 23.4 Å². The van der Waals surface area contributed by atoms with Crippen LogP contribution in [0.5, 0.6) is 11.5 Å². The summed E-state index contributed by atoms with van der Waals surface area (Å²) in [5.41, 5.74) is 2.88. The van der Waals surface area contributed by atoms with Gasteiger partial charge in [-0.25, -0.2) is 4.79 Å². The summed E-state index contributed by atoms with van der Waals surface area (Å²) in [6.07, 6.45) is 0.631. The van der Waals surface area contributed by atoms with E-state index in [1.807, 2.05) is 30.5 Å². The van der Waals surface area contributed by atoms with Crippen molar-refractivity contribution in [2.45, 2.75) is 20.3 Å². The maximum atomic E-state index is 12.4. The van der Waals surface area contributed by atoms with Gasteiger partial charge in [0.15, 0.2) is 18.1 Å². The van der Waals surface area contributed by atoms with Crippen molar-refractivity contribution in [1.29, 1.82) is 0 Å². The number of aryl methyl sites for hydroxylation is 2. The number of fused-ring (bicyclic) bond motifs is 1. The van der Waals surface area contributed by atoms with E-state index in [0.29, 0.717) is 25.4 Å². The second-order valence-electron chi connectivity index (χ2n) is 7.75. The van der Waals surface area contributed by atoms with Gasteiger partial charge in [-0.2, -0.15) is 0 Å². The fourth-order valence-electron chi connectivity index (χ4n) is 3.67. The highest BCUT2D eigenvalue weighted by atomic mass is 16.6. The molecule has 0 unspecified atom stereocenters. The van der Waals surface area contributed by atoms with Gasteiger partial charge in [-0.3, -0.25) is 14.9 Å². The standard InChI is InChI=1S/C24H23N3O7/c1-15-4-5-16(2)26(15)18-8-6-17(7-9-18)24(29)34-14-23(28)25-19-12-21-22(13-20(19)27(30)31)33-11-3-10-32-21/h4-9,12-13H,3,10-11,14H2,1-2H3,(H,25,28). The van der Waals surface area contributed by atoms with Gasteiger partial charge in [0, 0.05) is 29.6 Å². The fraction of sp³-hybridized carbons (Fsp3) is 0.250. The summed E-state index contributed by atoms with van der Waals surface area (Å²) in [5, 5.41) is 13.9. The largest absolute Gasteiger partial charge is 0.489 e. The van der Waals surface area contributed by atoms with Crippen molar-refractivity contribution in [3.8, 4) is 17.2 Å². The number of aromatic nitrogens is 1. The topological polar surface area (TPSA) is 122 Å². The van der Waals surface area contributed by atoms with Crippen LogP contribution in [-0.4, -0.2) is 41.2 Å². The van der Waals surface area contributed by atoms with Gasteiger partial charge in [-0.1, -0.05) is 0 Å². The number of esters is 1. The number of hydrogen-bond acceptors (Lipinski definition) is 7. The Morgan fingerprint density at radius 2 is 1.65 bits per heavy atom. The molecule has 0 aliphatic carbocycles. The molecule has 1 aromatic heterocycles. The number of nitrogens with zero attached hydrogens (tertiary/aromatic N) is 2. The molecule has 0 spiro atoms. The maximum Gasteiger partial charge on any atom is 0.338 e. The first-order valence-electron chi connectivity index (χ1n) is 10.6. The van der Waals surface area contributed by atoms with E-state index in [-0.39, 0.29) is 22.7 Å². The van der Waals surface area contributed by atoms with E-state index in [1.54, 1.807) is 24.3 Å². The number of nitrogens with one attached hydrogen (secondary N) is 1. The number of amides is 1. The van der Waals surface area contributed by atoms with Crippen LogP contribution in [0, 0.1) is 24.0 Å². The van der Waals surface area contributed by atoms with E-state index in [2.05, 4.69) is 5.32 Å². The van der Waals surface area contributed by atoms with Crippen molar-refractivity contribution in [2.24, 2.45) is 0 Å². The molecule has 34 heavy (non-hydrogen) atoms. The molecule has 10 nitrogen and oxygen atoms in total. The lowest BCUT2D eigenvalue weighted by Crippen LogP contribution is -2.21. The third-order valence-electron chi connectivity index (χ3n) is 5.30. The molecule has 1 aliphatic heterocycles. The van der Waals surface area contributed by atoms with Crippen LogP contribution >= 0.6 is 0 Å². The summed E-state index contributed by atoms with van der Waals surface area (Å²) in [5.74, 6) is -0.872. The molecule has 1 N–H and O–H groups in total. The predicted octanol–water partition coefficient (Wildman–Crippen LogP) is 3.96. The van der Waals surface area contributed by atoms with E-state index in [4.69, 9.17) is 14.2 Å². The molecule has 3 aromatic rings. The van der Waals surface area contributed by atoms with Crippen LogP contribution in [-0.2, 0) is 9.53 Å². The third kappa shape index (κ3) is 4.85. The monoisotopic (exact) mass is 465 g/mol. The van der Waals surface area contributed by atoms with Gasteiger partial charge in [0.25, 0.3) is 11.6 Å². The number of nitro groups is 1. The lowest BCUT2D eigenvalue weighted by atomic mass is 10.2. The van der Waals surface area contributed by atoms with Crippen LogP contribution in [0.3, 0.4) is 0 Å². The minimum Gasteiger partial charge on any atom is -0.489 e. The second-order valence-corrected chi connectivity index (χ2v) is 7.75. The molecule has 0 saturated heterocycles. The molecular formula is C24H23N3O7. The normalized spacial score (nSPS) is 12.5. The Hall–Kier alpha value is -4.34. The average Bonchev–Trinajstić information content (AvgIpc) is 3.00. The van der Waals surface area contributed by atoms with E-state index in [1.165, 1.54) is 12.1 Å². The zero-order chi connectivity index (χ0) is 24.2. The first kappa shape index (κ1) is 22.8. The van der Waals surface area contributed by atoms with Crippen LogP contribution in [0.1, 0.15) is 28.2 Å². The van der Waals surface area contributed by atoms with Gasteiger partial charge in [-0.05, 0) is 50.2 Å². The highest BCUT2D eigenvalue weighted by Gasteiger charge is 2.23. The first-order chi connectivity index (χ1) is 16.3. The van der Waals surface area contributed by atoms with E-state index >= 15 is 0 Å². The van der Waals surface area contributed by atoms with Crippen LogP contribution < -0.4 is 14.8 Å². The molecular weight excluding hydrogens is 442 g/mol. The van der Waals surface area contributed by atoms with Crippen molar-refractivity contribution in [3.05, 3.63) is 75.6 Å². The smallest absolute Gasteiger partial charge is 0.338 e. The van der Waals surface area contributed by atoms with Crippen LogP contribution in [0.4, 0.5) is 11.4 Å². The molecule has 4 rings (SSSR count). The molecule has 2 heterocycles. The van der Waals surface area contributed by atoms with Gasteiger partial charge in [0.1, 0.15) is 5.69 Å². The van der Waals surface area contributed by atoms with Crippen LogP contribution in [0.15, 0.2) is 48.5 Å². The predicted molar refractivity (Wildman–Crippen MR) is 123 cm³/mol. The highest BCUT2D eigenvalue weighted by Crippen LogP contribution is 2.39. The summed E-state index contributed by atoms with van der Waals surface area (Å²) < 4.78 is 18.1. The van der Waals surface area contributed by atoms with Crippen molar-refractivity contribution < 1.29 is 28.7 Å². The van der Waals surface area contributed by atoms with Crippen molar-refractivity contribution in [2.75, 3.05) is 25.1 Å². The molecule has 1 amide bonds. The molecule has 0 fully saturated rings. The quantitative estimate of drug-likeness (QED) is 0.332. The Balaban J connectivity index is 1.41. The Bertz CT molecular complexity index is 1230. The minimum absolute atomic E-state index is 0.0721. The van der Waals surface area contributed by atoms with Gasteiger partial charge < -0.3 is 24.1 Å².